The lowest BCUT2D eigenvalue weighted by Gasteiger charge is -1.93. The van der Waals surface area contributed by atoms with Gasteiger partial charge in [0.05, 0.1) is 17.8 Å². The Bertz CT molecular complexity index is 428. The van der Waals surface area contributed by atoms with Crippen molar-refractivity contribution in [3.8, 4) is 6.07 Å². The Labute approximate surface area is 98.9 Å². The highest BCUT2D eigenvalue weighted by Crippen LogP contribution is 2.01. The van der Waals surface area contributed by atoms with Crippen LogP contribution < -0.4 is 5.73 Å². The van der Waals surface area contributed by atoms with Crippen molar-refractivity contribution in [1.82, 2.24) is 0 Å². The number of hydrogen-bond acceptors (Lipinski definition) is 4. The van der Waals surface area contributed by atoms with Gasteiger partial charge in [0, 0.05) is 0 Å². The van der Waals surface area contributed by atoms with Crippen molar-refractivity contribution in [3.63, 3.8) is 0 Å². The van der Waals surface area contributed by atoms with Gasteiger partial charge in [-0.2, -0.15) is 10.4 Å². The van der Waals surface area contributed by atoms with Crippen LogP contribution in [0.25, 0.3) is 0 Å². The Morgan fingerprint density at radius 1 is 1.50 bits per heavy atom. The minimum absolute atomic E-state index is 0.451. The first-order valence-electron chi connectivity index (χ1n) is 4.75. The molecule has 0 fully saturated rings. The molecule has 4 nitrogen and oxygen atoms in total. The third-order valence-electron chi connectivity index (χ3n) is 1.70. The Kier molecular flexibility index (Phi) is 5.09. The summed E-state index contributed by atoms with van der Waals surface area (Å²) < 4.78 is 0. The van der Waals surface area contributed by atoms with E-state index in [-0.39, 0.29) is 0 Å². The molecule has 0 amide bonds. The number of amidine groups is 1. The maximum atomic E-state index is 8.61. The Morgan fingerprint density at radius 3 is 2.75 bits per heavy atom. The van der Waals surface area contributed by atoms with Gasteiger partial charge in [-0.3, -0.25) is 0 Å². The van der Waals surface area contributed by atoms with Gasteiger partial charge in [0.2, 0.25) is 0 Å². The Balaban J connectivity index is 2.63. The van der Waals surface area contributed by atoms with Crippen molar-refractivity contribution in [2.45, 2.75) is 6.92 Å². The molecule has 1 aromatic carbocycles. The van der Waals surface area contributed by atoms with Gasteiger partial charge in [0.15, 0.2) is 5.17 Å². The molecule has 0 saturated carbocycles. The number of nitriles is 1. The maximum Gasteiger partial charge on any atom is 0.180 e. The lowest BCUT2D eigenvalue weighted by Crippen LogP contribution is -2.05. The molecular weight excluding hydrogens is 220 g/mol. The van der Waals surface area contributed by atoms with Gasteiger partial charge < -0.3 is 5.73 Å². The average Bonchev–Trinajstić information content (AvgIpc) is 2.30. The molecule has 82 valence electrons. The van der Waals surface area contributed by atoms with Crippen LogP contribution in [-0.4, -0.2) is 17.1 Å². The second-order valence-corrected chi connectivity index (χ2v) is 4.13. The van der Waals surface area contributed by atoms with E-state index >= 15 is 0 Å². The Hall–Kier alpha value is -1.80. The number of hydrogen-bond donors (Lipinski definition) is 1. The van der Waals surface area contributed by atoms with Crippen LogP contribution in [0.15, 0.2) is 34.5 Å². The molecule has 5 heteroatoms. The molecule has 0 radical (unpaired) electrons. The first-order valence-corrected chi connectivity index (χ1v) is 5.74. The number of benzene rings is 1. The van der Waals surface area contributed by atoms with Crippen molar-refractivity contribution in [3.05, 3.63) is 35.4 Å². The minimum Gasteiger partial charge on any atom is -0.377 e. The first kappa shape index (κ1) is 12.3. The quantitative estimate of drug-likeness (QED) is 0.492. The summed E-state index contributed by atoms with van der Waals surface area (Å²) in [4.78, 5) is 0. The van der Waals surface area contributed by atoms with E-state index in [4.69, 9.17) is 11.0 Å². The zero-order valence-corrected chi connectivity index (χ0v) is 9.74. The summed E-state index contributed by atoms with van der Waals surface area (Å²) in [5, 5.41) is 16.7. The normalized spacial score (nSPS) is 11.6. The molecule has 0 aliphatic heterocycles. The van der Waals surface area contributed by atoms with Gasteiger partial charge in [0.25, 0.3) is 0 Å². The van der Waals surface area contributed by atoms with Gasteiger partial charge in [-0.15, -0.1) is 5.10 Å². The fourth-order valence-corrected chi connectivity index (χ4v) is 1.37. The summed E-state index contributed by atoms with van der Waals surface area (Å²) in [6.45, 7) is 2.00. The number of rotatable bonds is 3. The van der Waals surface area contributed by atoms with E-state index in [1.807, 2.05) is 13.0 Å². The third kappa shape index (κ3) is 4.15. The van der Waals surface area contributed by atoms with Crippen molar-refractivity contribution >= 4 is 23.1 Å². The highest BCUT2D eigenvalue weighted by molar-refractivity contribution is 8.13. The van der Waals surface area contributed by atoms with Crippen LogP contribution in [0.2, 0.25) is 0 Å². The fourth-order valence-electron chi connectivity index (χ4n) is 0.973. The molecule has 0 atom stereocenters. The lowest BCUT2D eigenvalue weighted by molar-refractivity contribution is 1.25. The highest BCUT2D eigenvalue weighted by atomic mass is 32.2. The van der Waals surface area contributed by atoms with Crippen LogP contribution in [0.5, 0.6) is 0 Å². The average molecular weight is 232 g/mol. The second-order valence-electron chi connectivity index (χ2n) is 2.85. The Morgan fingerprint density at radius 2 is 2.19 bits per heavy atom. The molecule has 0 aliphatic carbocycles. The molecule has 0 saturated heterocycles. The first-order chi connectivity index (χ1) is 7.76. The van der Waals surface area contributed by atoms with Crippen LogP contribution in [0.3, 0.4) is 0 Å². The van der Waals surface area contributed by atoms with E-state index in [0.717, 1.165) is 11.3 Å². The van der Waals surface area contributed by atoms with Crippen molar-refractivity contribution in [1.29, 1.82) is 5.26 Å². The van der Waals surface area contributed by atoms with Crippen LogP contribution in [0.1, 0.15) is 18.1 Å². The van der Waals surface area contributed by atoms with Gasteiger partial charge in [-0.25, -0.2) is 0 Å². The molecule has 2 N–H and O–H groups in total. The molecule has 0 aromatic heterocycles. The molecule has 0 unspecified atom stereocenters. The molecule has 1 aromatic rings. The van der Waals surface area contributed by atoms with Crippen molar-refractivity contribution < 1.29 is 0 Å². The summed E-state index contributed by atoms with van der Waals surface area (Å²) in [5.74, 6) is 0.877. The van der Waals surface area contributed by atoms with Crippen LogP contribution in [0, 0.1) is 11.3 Å². The molecule has 0 aliphatic rings. The molecule has 1 rings (SSSR count). The summed E-state index contributed by atoms with van der Waals surface area (Å²) in [6.07, 6.45) is 1.60. The van der Waals surface area contributed by atoms with Crippen molar-refractivity contribution in [2.24, 2.45) is 15.9 Å². The second kappa shape index (κ2) is 6.64. The lowest BCUT2D eigenvalue weighted by atomic mass is 10.2. The number of nitrogens with zero attached hydrogens (tertiary/aromatic N) is 3. The van der Waals surface area contributed by atoms with Gasteiger partial charge in [-0.05, 0) is 23.4 Å². The zero-order chi connectivity index (χ0) is 11.8. The SMILES string of the molecule is CCSC(N)=NN=Cc1ccc(C#N)cc1. The van der Waals surface area contributed by atoms with E-state index in [2.05, 4.69) is 10.2 Å². The van der Waals surface area contributed by atoms with E-state index in [0.29, 0.717) is 10.7 Å². The molecule has 0 bridgehead atoms. The third-order valence-corrected chi connectivity index (χ3v) is 2.36. The van der Waals surface area contributed by atoms with Gasteiger partial charge in [-0.1, -0.05) is 30.8 Å². The summed E-state index contributed by atoms with van der Waals surface area (Å²) in [6, 6.07) is 9.13. The van der Waals surface area contributed by atoms with Crippen LogP contribution in [0.4, 0.5) is 0 Å². The molecular formula is C11H12N4S. The standard InChI is InChI=1S/C11H12N4S/c1-2-16-11(13)15-14-8-10-5-3-9(7-12)4-6-10/h3-6,8H,2H2,1H3,(H2,13,15). The van der Waals surface area contributed by atoms with E-state index in [1.165, 1.54) is 11.8 Å². The molecule has 16 heavy (non-hydrogen) atoms. The summed E-state index contributed by atoms with van der Waals surface area (Å²) in [5.41, 5.74) is 7.06. The zero-order valence-electron chi connectivity index (χ0n) is 8.92. The fraction of sp³-hybridized carbons (Fsp3) is 0.182. The van der Waals surface area contributed by atoms with Crippen molar-refractivity contribution in [2.75, 3.05) is 5.75 Å². The predicted molar refractivity (Wildman–Crippen MR) is 68.5 cm³/mol. The molecule has 0 heterocycles. The smallest absolute Gasteiger partial charge is 0.180 e. The topological polar surface area (TPSA) is 74.5 Å². The van der Waals surface area contributed by atoms with E-state index in [1.54, 1.807) is 30.5 Å². The number of thioether (sulfide) groups is 1. The summed E-state index contributed by atoms with van der Waals surface area (Å²) >= 11 is 1.44. The highest BCUT2D eigenvalue weighted by Gasteiger charge is 1.90. The summed E-state index contributed by atoms with van der Waals surface area (Å²) in [7, 11) is 0. The molecule has 0 spiro atoms. The number of nitrogens with two attached hydrogens (primary N) is 1. The van der Waals surface area contributed by atoms with E-state index in [9.17, 15) is 0 Å². The van der Waals surface area contributed by atoms with E-state index < -0.39 is 0 Å². The van der Waals surface area contributed by atoms with Gasteiger partial charge >= 0.3 is 0 Å². The predicted octanol–water partition coefficient (Wildman–Crippen LogP) is 1.96. The largest absolute Gasteiger partial charge is 0.377 e. The minimum atomic E-state index is 0.451. The maximum absolute atomic E-state index is 8.61. The monoisotopic (exact) mass is 232 g/mol. The van der Waals surface area contributed by atoms with Gasteiger partial charge in [0.1, 0.15) is 0 Å². The van der Waals surface area contributed by atoms with Crippen LogP contribution >= 0.6 is 11.8 Å². The van der Waals surface area contributed by atoms with Crippen LogP contribution in [-0.2, 0) is 0 Å².